The van der Waals surface area contributed by atoms with Crippen LogP contribution in [-0.4, -0.2) is 46.9 Å². The molecule has 0 aromatic carbocycles. The van der Waals surface area contributed by atoms with Crippen LogP contribution in [0.1, 0.15) is 233 Å². The molecule has 1 amide bonds. The Bertz CT molecular complexity index is 1050. The summed E-state index contributed by atoms with van der Waals surface area (Å²) in [6, 6.07) is -0.709. The zero-order valence-corrected chi connectivity index (χ0v) is 38.2. The molecule has 0 saturated heterocycles. The lowest BCUT2D eigenvalue weighted by Crippen LogP contribution is -2.46. The lowest BCUT2D eigenvalue weighted by Gasteiger charge is -2.24. The molecule has 0 radical (unpaired) electrons. The molecule has 6 heteroatoms. The molecular formula is C52H93NO5. The fourth-order valence-electron chi connectivity index (χ4n) is 7.27. The number of allylic oxidation sites excluding steroid dienone is 10. The molecule has 3 N–H and O–H groups in total. The number of hydrogen-bond acceptors (Lipinski definition) is 5. The summed E-state index contributed by atoms with van der Waals surface area (Å²) in [4.78, 5) is 25.9. The van der Waals surface area contributed by atoms with E-state index < -0.39 is 18.2 Å². The van der Waals surface area contributed by atoms with E-state index in [1.54, 1.807) is 0 Å². The van der Waals surface area contributed by atoms with E-state index in [4.69, 9.17) is 4.74 Å². The van der Waals surface area contributed by atoms with Crippen LogP contribution in [0.3, 0.4) is 0 Å². The summed E-state index contributed by atoms with van der Waals surface area (Å²) < 4.78 is 5.86. The quantitative estimate of drug-likeness (QED) is 0.0324. The van der Waals surface area contributed by atoms with Crippen LogP contribution in [0.25, 0.3) is 0 Å². The molecule has 0 saturated carbocycles. The zero-order chi connectivity index (χ0) is 42.4. The lowest BCUT2D eigenvalue weighted by molar-refractivity contribution is -0.151. The standard InChI is InChI=1S/C52H93NO5/c1-4-7-10-13-16-18-20-22-24-25-27-28-30-32-35-38-41-44-50(55)49(47-54)53-51(56)46-48(43-40-37-34-15-12-9-6-3)58-52(57)45-42-39-36-33-31-29-26-23-21-19-17-14-11-8-5-2/h8,11,14,17,19,21,23,26,29,31,48-50,54-55H,4-7,9-10,12-13,15-16,18,20,22,24-25,27-28,30,32-47H2,1-3H3,(H,53,56)/b11-8+,17-14+,21-19-,26-23-,31-29+. The average Bonchev–Trinajstić information content (AvgIpc) is 3.21. The van der Waals surface area contributed by atoms with E-state index in [1.165, 1.54) is 116 Å². The van der Waals surface area contributed by atoms with Crippen molar-refractivity contribution in [3.63, 3.8) is 0 Å². The van der Waals surface area contributed by atoms with Crippen molar-refractivity contribution in [3.8, 4) is 0 Å². The first-order chi connectivity index (χ1) is 28.5. The summed E-state index contributed by atoms with van der Waals surface area (Å²) in [6.07, 6.45) is 55.8. The number of carbonyl (C=O) groups is 2. The van der Waals surface area contributed by atoms with Crippen LogP contribution in [0.5, 0.6) is 0 Å². The van der Waals surface area contributed by atoms with E-state index >= 15 is 0 Å². The van der Waals surface area contributed by atoms with Crippen LogP contribution in [0.15, 0.2) is 60.8 Å². The minimum Gasteiger partial charge on any atom is -0.462 e. The Morgan fingerprint density at radius 1 is 0.517 bits per heavy atom. The predicted octanol–water partition coefficient (Wildman–Crippen LogP) is 14.5. The van der Waals surface area contributed by atoms with Crippen LogP contribution < -0.4 is 5.32 Å². The van der Waals surface area contributed by atoms with Crippen molar-refractivity contribution >= 4 is 11.9 Å². The van der Waals surface area contributed by atoms with Gasteiger partial charge in [0.25, 0.3) is 0 Å². The normalized spacial score (nSPS) is 13.8. The highest BCUT2D eigenvalue weighted by Gasteiger charge is 2.24. The third-order valence-corrected chi connectivity index (χ3v) is 11.0. The predicted molar refractivity (Wildman–Crippen MR) is 250 cm³/mol. The Hall–Kier alpha value is -2.44. The topological polar surface area (TPSA) is 95.9 Å². The highest BCUT2D eigenvalue weighted by Crippen LogP contribution is 2.18. The molecule has 0 aliphatic carbocycles. The first-order valence-electron chi connectivity index (χ1n) is 24.6. The number of rotatable bonds is 43. The molecular weight excluding hydrogens is 719 g/mol. The summed E-state index contributed by atoms with van der Waals surface area (Å²) in [5, 5.41) is 23.7. The summed E-state index contributed by atoms with van der Waals surface area (Å²) in [6.45, 7) is 6.30. The summed E-state index contributed by atoms with van der Waals surface area (Å²) in [5.41, 5.74) is 0. The van der Waals surface area contributed by atoms with Crippen LogP contribution in [0, 0.1) is 0 Å². The van der Waals surface area contributed by atoms with E-state index in [0.29, 0.717) is 19.3 Å². The van der Waals surface area contributed by atoms with Gasteiger partial charge >= 0.3 is 5.97 Å². The molecule has 0 heterocycles. The van der Waals surface area contributed by atoms with Gasteiger partial charge in [0.2, 0.25) is 5.91 Å². The zero-order valence-electron chi connectivity index (χ0n) is 38.2. The van der Waals surface area contributed by atoms with E-state index in [-0.39, 0.29) is 24.9 Å². The Morgan fingerprint density at radius 3 is 1.40 bits per heavy atom. The second-order valence-electron chi connectivity index (χ2n) is 16.6. The number of esters is 1. The molecule has 3 unspecified atom stereocenters. The third-order valence-electron chi connectivity index (χ3n) is 11.0. The van der Waals surface area contributed by atoms with Gasteiger partial charge in [-0.1, -0.05) is 236 Å². The first-order valence-corrected chi connectivity index (χ1v) is 24.6. The highest BCUT2D eigenvalue weighted by molar-refractivity contribution is 5.77. The third kappa shape index (κ3) is 40.3. The number of ether oxygens (including phenoxy) is 1. The molecule has 0 bridgehead atoms. The fraction of sp³-hybridized carbons (Fsp3) is 0.769. The van der Waals surface area contributed by atoms with Gasteiger partial charge in [-0.15, -0.1) is 0 Å². The van der Waals surface area contributed by atoms with Gasteiger partial charge in [-0.3, -0.25) is 9.59 Å². The molecule has 3 atom stereocenters. The SMILES string of the molecule is CC/C=C/C=C/C=C\C=C/C=C/CCCCCC(=O)OC(CCCCCCCCC)CC(=O)NC(CO)C(O)CCCCCCCCCCCCCCCCCCC. The molecule has 58 heavy (non-hydrogen) atoms. The second-order valence-corrected chi connectivity index (χ2v) is 16.6. The van der Waals surface area contributed by atoms with E-state index in [0.717, 1.165) is 70.6 Å². The van der Waals surface area contributed by atoms with E-state index in [9.17, 15) is 19.8 Å². The van der Waals surface area contributed by atoms with Crippen molar-refractivity contribution in [3.05, 3.63) is 60.8 Å². The van der Waals surface area contributed by atoms with Crippen LogP contribution in [0.2, 0.25) is 0 Å². The molecule has 0 aliphatic rings. The number of nitrogens with one attached hydrogen (secondary N) is 1. The molecule has 0 aliphatic heterocycles. The number of carbonyl (C=O) groups excluding carboxylic acids is 2. The number of hydrogen-bond donors (Lipinski definition) is 3. The van der Waals surface area contributed by atoms with Gasteiger partial charge in [0.1, 0.15) is 6.10 Å². The lowest BCUT2D eigenvalue weighted by atomic mass is 10.0. The molecule has 6 nitrogen and oxygen atoms in total. The van der Waals surface area contributed by atoms with E-state index in [2.05, 4.69) is 44.3 Å². The smallest absolute Gasteiger partial charge is 0.306 e. The Balaban J connectivity index is 4.42. The van der Waals surface area contributed by atoms with Crippen molar-refractivity contribution in [2.24, 2.45) is 0 Å². The highest BCUT2D eigenvalue weighted by atomic mass is 16.5. The summed E-state index contributed by atoms with van der Waals surface area (Å²) in [7, 11) is 0. The van der Waals surface area contributed by atoms with Crippen molar-refractivity contribution in [1.29, 1.82) is 0 Å². The van der Waals surface area contributed by atoms with Gasteiger partial charge in [0, 0.05) is 6.42 Å². The number of aliphatic hydroxyl groups excluding tert-OH is 2. The van der Waals surface area contributed by atoms with Crippen molar-refractivity contribution in [2.75, 3.05) is 6.61 Å². The minimum absolute atomic E-state index is 0.0591. The van der Waals surface area contributed by atoms with Gasteiger partial charge < -0.3 is 20.3 Å². The summed E-state index contributed by atoms with van der Waals surface area (Å²) in [5.74, 6) is -0.527. The molecule has 0 spiro atoms. The summed E-state index contributed by atoms with van der Waals surface area (Å²) >= 11 is 0. The monoisotopic (exact) mass is 812 g/mol. The maximum atomic E-state index is 13.1. The number of aliphatic hydroxyl groups is 2. The molecule has 0 aromatic rings. The second kappa shape index (κ2) is 45.6. The van der Waals surface area contributed by atoms with Gasteiger partial charge in [-0.25, -0.2) is 0 Å². The van der Waals surface area contributed by atoms with Crippen molar-refractivity contribution < 1.29 is 24.5 Å². The van der Waals surface area contributed by atoms with Crippen molar-refractivity contribution in [1.82, 2.24) is 5.32 Å². The molecule has 0 fully saturated rings. The Kier molecular flexibility index (Phi) is 43.7. The maximum Gasteiger partial charge on any atom is 0.306 e. The maximum absolute atomic E-state index is 13.1. The first kappa shape index (κ1) is 55.6. The van der Waals surface area contributed by atoms with Crippen LogP contribution in [-0.2, 0) is 14.3 Å². The van der Waals surface area contributed by atoms with E-state index in [1.807, 2.05) is 42.5 Å². The minimum atomic E-state index is -0.794. The largest absolute Gasteiger partial charge is 0.462 e. The average molecular weight is 812 g/mol. The van der Waals surface area contributed by atoms with Crippen molar-refractivity contribution in [2.45, 2.75) is 251 Å². The van der Waals surface area contributed by atoms with Crippen LogP contribution >= 0.6 is 0 Å². The Morgan fingerprint density at radius 2 is 0.931 bits per heavy atom. The van der Waals surface area contributed by atoms with Gasteiger partial charge in [0.15, 0.2) is 0 Å². The Labute approximate surface area is 358 Å². The molecule has 0 rings (SSSR count). The fourth-order valence-corrected chi connectivity index (χ4v) is 7.27. The number of unbranched alkanes of at least 4 members (excludes halogenated alkanes) is 25. The van der Waals surface area contributed by atoms with Gasteiger partial charge in [-0.2, -0.15) is 0 Å². The van der Waals surface area contributed by atoms with Crippen LogP contribution in [0.4, 0.5) is 0 Å². The molecule has 0 aromatic heterocycles. The van der Waals surface area contributed by atoms with Gasteiger partial charge in [0.05, 0.1) is 25.2 Å². The molecule has 336 valence electrons. The van der Waals surface area contributed by atoms with Gasteiger partial charge in [-0.05, 0) is 44.9 Å². The number of amides is 1.